The van der Waals surface area contributed by atoms with Gasteiger partial charge in [0, 0.05) is 25.4 Å². The third-order valence-corrected chi connectivity index (χ3v) is 7.22. The molecular weight excluding hydrogens is 489 g/mol. The van der Waals surface area contributed by atoms with Gasteiger partial charge in [0.25, 0.3) is 5.89 Å². The molecule has 8 heteroatoms. The highest BCUT2D eigenvalue weighted by Crippen LogP contribution is 2.51. The van der Waals surface area contributed by atoms with E-state index in [0.717, 1.165) is 20.9 Å². The van der Waals surface area contributed by atoms with Crippen molar-refractivity contribution in [3.8, 4) is 11.4 Å². The van der Waals surface area contributed by atoms with Crippen LogP contribution >= 0.6 is 35.0 Å². The zero-order chi connectivity index (χ0) is 23.7. The van der Waals surface area contributed by atoms with E-state index in [4.69, 9.17) is 38.2 Å². The van der Waals surface area contributed by atoms with Gasteiger partial charge in [-0.2, -0.15) is 4.98 Å². The Labute approximate surface area is 211 Å². The molecule has 1 aromatic heterocycles. The summed E-state index contributed by atoms with van der Waals surface area (Å²) in [6, 6.07) is 24.9. The van der Waals surface area contributed by atoms with Gasteiger partial charge in [-0.15, -0.1) is 0 Å². The van der Waals surface area contributed by atoms with Gasteiger partial charge >= 0.3 is 0 Å². The summed E-state index contributed by atoms with van der Waals surface area (Å²) < 4.78 is 11.7. The van der Waals surface area contributed by atoms with Crippen molar-refractivity contribution in [3.63, 3.8) is 0 Å². The SMILES string of the molecule is CC1=C(Sc2ccc(Cl)cc2)C(c2ccccc2Cl)C(c2nc(-c3ccccc3)no2)=C(N)O1. The van der Waals surface area contributed by atoms with E-state index >= 15 is 0 Å². The smallest absolute Gasteiger partial charge is 0.260 e. The fourth-order valence-corrected chi connectivity index (χ4v) is 5.22. The van der Waals surface area contributed by atoms with Crippen molar-refractivity contribution in [1.29, 1.82) is 0 Å². The van der Waals surface area contributed by atoms with Crippen LogP contribution in [0.4, 0.5) is 0 Å². The van der Waals surface area contributed by atoms with Crippen molar-refractivity contribution in [1.82, 2.24) is 10.1 Å². The van der Waals surface area contributed by atoms with Gasteiger partial charge in [0.05, 0.1) is 11.5 Å². The van der Waals surface area contributed by atoms with Gasteiger partial charge in [-0.25, -0.2) is 0 Å². The normalized spacial score (nSPS) is 16.0. The van der Waals surface area contributed by atoms with Crippen LogP contribution in [0.1, 0.15) is 24.3 Å². The topological polar surface area (TPSA) is 74.2 Å². The lowest BCUT2D eigenvalue weighted by molar-refractivity contribution is 0.289. The number of hydrogen-bond acceptors (Lipinski definition) is 6. The Bertz CT molecular complexity index is 1400. The van der Waals surface area contributed by atoms with E-state index in [0.29, 0.717) is 27.2 Å². The molecule has 0 spiro atoms. The third kappa shape index (κ3) is 4.44. The quantitative estimate of drug-likeness (QED) is 0.301. The number of ether oxygens (including phenoxy) is 1. The van der Waals surface area contributed by atoms with Crippen molar-refractivity contribution < 1.29 is 9.26 Å². The standard InChI is InChI=1S/C26H19Cl2N3O2S/c1-15-23(34-18-13-11-17(27)12-14-18)21(19-9-5-6-10-20(19)28)22(24(29)32-15)26-30-25(31-33-26)16-7-3-2-4-8-16/h2-14,21H,29H2,1H3. The van der Waals surface area contributed by atoms with Crippen molar-refractivity contribution in [2.45, 2.75) is 17.7 Å². The van der Waals surface area contributed by atoms with Crippen molar-refractivity contribution >= 4 is 40.5 Å². The van der Waals surface area contributed by atoms with Crippen LogP contribution in [0.5, 0.6) is 0 Å². The first kappa shape index (κ1) is 22.6. The number of halogens is 2. The van der Waals surface area contributed by atoms with Crippen LogP contribution in [0.25, 0.3) is 17.0 Å². The Balaban J connectivity index is 1.63. The van der Waals surface area contributed by atoms with Gasteiger partial charge in [-0.1, -0.05) is 88.7 Å². The predicted molar refractivity (Wildman–Crippen MR) is 136 cm³/mol. The Kier molecular flexibility index (Phi) is 6.37. The number of hydrogen-bond donors (Lipinski definition) is 1. The van der Waals surface area contributed by atoms with Gasteiger partial charge in [0.2, 0.25) is 5.82 Å². The van der Waals surface area contributed by atoms with Gasteiger partial charge in [-0.3, -0.25) is 0 Å². The van der Waals surface area contributed by atoms with E-state index in [-0.39, 0.29) is 17.7 Å². The summed E-state index contributed by atoms with van der Waals surface area (Å²) in [7, 11) is 0. The first-order valence-corrected chi connectivity index (χ1v) is 12.0. The molecule has 1 unspecified atom stereocenters. The molecule has 0 aliphatic carbocycles. The molecule has 0 fully saturated rings. The van der Waals surface area contributed by atoms with Crippen molar-refractivity contribution in [2.75, 3.05) is 0 Å². The highest BCUT2D eigenvalue weighted by molar-refractivity contribution is 8.03. The molecular formula is C26H19Cl2N3O2S. The second-order valence-corrected chi connectivity index (χ2v) is 9.56. The van der Waals surface area contributed by atoms with Crippen LogP contribution in [0, 0.1) is 0 Å². The summed E-state index contributed by atoms with van der Waals surface area (Å²) in [6.45, 7) is 1.88. The largest absolute Gasteiger partial charge is 0.445 e. The molecule has 0 bridgehead atoms. The number of benzene rings is 3. The number of rotatable bonds is 5. The lowest BCUT2D eigenvalue weighted by Crippen LogP contribution is -2.19. The Morgan fingerprint density at radius 3 is 2.35 bits per heavy atom. The molecule has 0 saturated carbocycles. The molecule has 2 heterocycles. The monoisotopic (exact) mass is 507 g/mol. The lowest BCUT2D eigenvalue weighted by atomic mass is 9.88. The molecule has 170 valence electrons. The first-order chi connectivity index (χ1) is 16.5. The van der Waals surface area contributed by atoms with Gasteiger partial charge < -0.3 is 15.0 Å². The van der Waals surface area contributed by atoms with Gasteiger partial charge in [0.15, 0.2) is 5.88 Å². The van der Waals surface area contributed by atoms with Crippen LogP contribution in [-0.2, 0) is 4.74 Å². The summed E-state index contributed by atoms with van der Waals surface area (Å²) >= 11 is 14.3. The maximum Gasteiger partial charge on any atom is 0.260 e. The highest BCUT2D eigenvalue weighted by Gasteiger charge is 2.37. The highest BCUT2D eigenvalue weighted by atomic mass is 35.5. The summed E-state index contributed by atoms with van der Waals surface area (Å²) in [5, 5.41) is 5.45. The number of aromatic nitrogens is 2. The minimum Gasteiger partial charge on any atom is -0.445 e. The fraction of sp³-hybridized carbons (Fsp3) is 0.0769. The van der Waals surface area contributed by atoms with E-state index in [1.165, 1.54) is 0 Å². The average molecular weight is 508 g/mol. The lowest BCUT2D eigenvalue weighted by Gasteiger charge is -2.29. The number of thioether (sulfide) groups is 1. The minimum absolute atomic E-state index is 0.200. The number of nitrogens with zero attached hydrogens (tertiary/aromatic N) is 2. The number of allylic oxidation sites excluding steroid dienone is 3. The molecule has 0 radical (unpaired) electrons. The molecule has 0 saturated heterocycles. The Morgan fingerprint density at radius 2 is 1.62 bits per heavy atom. The van der Waals surface area contributed by atoms with Crippen molar-refractivity contribution in [2.24, 2.45) is 5.73 Å². The van der Waals surface area contributed by atoms with Crippen LogP contribution in [-0.4, -0.2) is 10.1 Å². The number of nitrogens with two attached hydrogens (primary N) is 1. The maximum atomic E-state index is 6.68. The van der Waals surface area contributed by atoms with E-state index in [9.17, 15) is 0 Å². The molecule has 34 heavy (non-hydrogen) atoms. The maximum absolute atomic E-state index is 6.68. The minimum atomic E-state index is -0.368. The molecule has 1 aliphatic rings. The van der Waals surface area contributed by atoms with Gasteiger partial charge in [-0.05, 0) is 42.8 Å². The second-order valence-electron chi connectivity index (χ2n) is 7.60. The third-order valence-electron chi connectivity index (χ3n) is 5.37. The Morgan fingerprint density at radius 1 is 0.912 bits per heavy atom. The molecule has 1 atom stereocenters. The van der Waals surface area contributed by atoms with E-state index in [1.807, 2.05) is 85.8 Å². The van der Waals surface area contributed by atoms with Crippen LogP contribution < -0.4 is 5.73 Å². The first-order valence-electron chi connectivity index (χ1n) is 10.5. The van der Waals surface area contributed by atoms with E-state index in [1.54, 1.807) is 11.8 Å². The predicted octanol–water partition coefficient (Wildman–Crippen LogP) is 7.51. The summed E-state index contributed by atoms with van der Waals surface area (Å²) in [6.07, 6.45) is 0. The molecule has 5 nitrogen and oxygen atoms in total. The summed E-state index contributed by atoms with van der Waals surface area (Å²) in [4.78, 5) is 6.56. The van der Waals surface area contributed by atoms with Crippen LogP contribution in [0.3, 0.4) is 0 Å². The van der Waals surface area contributed by atoms with E-state index < -0.39 is 0 Å². The molecule has 4 aromatic rings. The van der Waals surface area contributed by atoms with E-state index in [2.05, 4.69) is 10.1 Å². The second kappa shape index (κ2) is 9.58. The molecule has 1 aliphatic heterocycles. The summed E-state index contributed by atoms with van der Waals surface area (Å²) in [5.41, 5.74) is 8.70. The average Bonchev–Trinajstić information content (AvgIpc) is 3.33. The zero-order valence-electron chi connectivity index (χ0n) is 18.0. The van der Waals surface area contributed by atoms with Gasteiger partial charge in [0.1, 0.15) is 5.76 Å². The molecule has 2 N–H and O–H groups in total. The molecule has 3 aromatic carbocycles. The molecule has 5 rings (SSSR count). The Hall–Kier alpha value is -3.19. The van der Waals surface area contributed by atoms with Crippen LogP contribution in [0.2, 0.25) is 10.0 Å². The van der Waals surface area contributed by atoms with Crippen molar-refractivity contribution in [3.05, 3.63) is 117 Å². The fourth-order valence-electron chi connectivity index (χ4n) is 3.78. The zero-order valence-corrected chi connectivity index (χ0v) is 20.4. The van der Waals surface area contributed by atoms with Crippen LogP contribution in [0.15, 0.2) is 105 Å². The molecule has 0 amide bonds. The summed E-state index contributed by atoms with van der Waals surface area (Å²) in [5.74, 6) is 1.25.